The van der Waals surface area contributed by atoms with Crippen LogP contribution in [0.5, 0.6) is 0 Å². The number of anilines is 1. The third-order valence-electron chi connectivity index (χ3n) is 2.63. The van der Waals surface area contributed by atoms with Crippen LogP contribution >= 0.6 is 0 Å². The number of carbonyl (C=O) groups is 2. The van der Waals surface area contributed by atoms with E-state index >= 15 is 0 Å². The van der Waals surface area contributed by atoms with Crippen LogP contribution in [0.15, 0.2) is 24.4 Å². The van der Waals surface area contributed by atoms with Crippen LogP contribution in [-0.2, 0) is 14.3 Å². The van der Waals surface area contributed by atoms with Crippen molar-refractivity contribution < 1.29 is 14.3 Å². The van der Waals surface area contributed by atoms with E-state index < -0.39 is 0 Å². The maximum atomic E-state index is 11.8. The number of methoxy groups -OCH3 is 1. The van der Waals surface area contributed by atoms with Crippen molar-refractivity contribution in [1.29, 1.82) is 0 Å². The van der Waals surface area contributed by atoms with Crippen molar-refractivity contribution in [3.8, 4) is 0 Å². The van der Waals surface area contributed by atoms with Crippen molar-refractivity contribution in [2.24, 2.45) is 0 Å². The van der Waals surface area contributed by atoms with Gasteiger partial charge in [-0.15, -0.1) is 0 Å². The van der Waals surface area contributed by atoms with Gasteiger partial charge in [-0.05, 0) is 26.0 Å². The monoisotopic (exact) mass is 280 g/mol. The molecule has 1 heterocycles. The van der Waals surface area contributed by atoms with E-state index in [4.69, 9.17) is 0 Å². The van der Waals surface area contributed by atoms with Gasteiger partial charge in [0.2, 0.25) is 0 Å². The molecule has 0 spiro atoms. The van der Waals surface area contributed by atoms with Crippen molar-refractivity contribution in [3.63, 3.8) is 0 Å². The Morgan fingerprint density at radius 2 is 2.10 bits per heavy atom. The summed E-state index contributed by atoms with van der Waals surface area (Å²) >= 11 is 0. The first kappa shape index (κ1) is 15.9. The fraction of sp³-hybridized carbons (Fsp3) is 0.462. The minimum atomic E-state index is -0.371. The predicted octanol–water partition coefficient (Wildman–Crippen LogP) is 0.408. The quantitative estimate of drug-likeness (QED) is 0.556. The molecular weight excluding hydrogens is 260 g/mol. The number of pyridine rings is 1. The summed E-state index contributed by atoms with van der Waals surface area (Å²) in [7, 11) is 1.32. The van der Waals surface area contributed by atoms with E-state index in [1.807, 2.05) is 13.8 Å². The minimum absolute atomic E-state index is 0.0506. The maximum absolute atomic E-state index is 11.8. The Balaban J connectivity index is 2.44. The Labute approximate surface area is 118 Å². The number of hydrogen-bond acceptors (Lipinski definition) is 6. The number of rotatable bonds is 7. The highest BCUT2D eigenvalue weighted by atomic mass is 16.5. The average Bonchev–Trinajstić information content (AvgIpc) is 2.45. The summed E-state index contributed by atoms with van der Waals surface area (Å²) in [6, 6.07) is 5.37. The van der Waals surface area contributed by atoms with Gasteiger partial charge in [-0.2, -0.15) is 0 Å². The van der Waals surface area contributed by atoms with Gasteiger partial charge in [-0.3, -0.25) is 25.3 Å². The van der Waals surface area contributed by atoms with E-state index in [0.717, 1.165) is 0 Å². The fourth-order valence-corrected chi connectivity index (χ4v) is 1.45. The molecule has 110 valence electrons. The number of aromatic nitrogens is 1. The van der Waals surface area contributed by atoms with Gasteiger partial charge in [-0.1, -0.05) is 6.07 Å². The number of carbonyl (C=O) groups excluding carboxylic acids is 2. The highest BCUT2D eigenvalue weighted by Crippen LogP contribution is 1.99. The first-order valence-corrected chi connectivity index (χ1v) is 6.29. The number of nitrogens with one attached hydrogen (secondary N) is 2. The zero-order valence-electron chi connectivity index (χ0n) is 11.9. The lowest BCUT2D eigenvalue weighted by Gasteiger charge is -2.24. The molecule has 7 nitrogen and oxygen atoms in total. The molecule has 0 aliphatic carbocycles. The molecule has 0 aliphatic heterocycles. The third-order valence-corrected chi connectivity index (χ3v) is 2.63. The lowest BCUT2D eigenvalue weighted by molar-refractivity contribution is -0.142. The molecule has 20 heavy (non-hydrogen) atoms. The van der Waals surface area contributed by atoms with Gasteiger partial charge in [0.25, 0.3) is 5.91 Å². The highest BCUT2D eigenvalue weighted by Gasteiger charge is 2.17. The molecular formula is C13H20N4O3. The summed E-state index contributed by atoms with van der Waals surface area (Å²) in [5, 5.41) is 0. The van der Waals surface area contributed by atoms with E-state index in [2.05, 4.69) is 20.6 Å². The number of ether oxygens (including phenoxy) is 1. The summed E-state index contributed by atoms with van der Waals surface area (Å²) < 4.78 is 4.60. The Kier molecular flexibility index (Phi) is 6.45. The number of nitrogens with zero attached hydrogens (tertiary/aromatic N) is 2. The molecule has 0 unspecified atom stereocenters. The van der Waals surface area contributed by atoms with Gasteiger partial charge in [0.05, 0.1) is 20.2 Å². The summed E-state index contributed by atoms with van der Waals surface area (Å²) in [6.45, 7) is 3.97. The van der Waals surface area contributed by atoms with Crippen LogP contribution in [0, 0.1) is 0 Å². The van der Waals surface area contributed by atoms with E-state index in [1.165, 1.54) is 7.11 Å². The van der Waals surface area contributed by atoms with Crippen LogP contribution in [0.1, 0.15) is 13.8 Å². The molecule has 1 rings (SSSR count). The van der Waals surface area contributed by atoms with Crippen molar-refractivity contribution in [2.75, 3.05) is 25.6 Å². The van der Waals surface area contributed by atoms with Crippen LogP contribution in [0.2, 0.25) is 0 Å². The largest absolute Gasteiger partial charge is 0.468 e. The molecule has 0 aliphatic rings. The van der Waals surface area contributed by atoms with Gasteiger partial charge < -0.3 is 4.74 Å². The Morgan fingerprint density at radius 3 is 2.65 bits per heavy atom. The minimum Gasteiger partial charge on any atom is -0.468 e. The zero-order valence-corrected chi connectivity index (χ0v) is 11.9. The molecule has 0 saturated heterocycles. The Bertz CT molecular complexity index is 437. The number of esters is 1. The van der Waals surface area contributed by atoms with Gasteiger partial charge in [0.15, 0.2) is 0 Å². The van der Waals surface area contributed by atoms with E-state index in [1.54, 1.807) is 29.3 Å². The van der Waals surface area contributed by atoms with E-state index in [0.29, 0.717) is 5.82 Å². The molecule has 1 aromatic rings. The highest BCUT2D eigenvalue weighted by molar-refractivity contribution is 5.80. The first-order chi connectivity index (χ1) is 9.52. The summed E-state index contributed by atoms with van der Waals surface area (Å²) in [6.07, 6.45) is 1.62. The number of hydrogen-bond donors (Lipinski definition) is 2. The number of hydrazine groups is 1. The second-order valence-electron chi connectivity index (χ2n) is 4.46. The summed E-state index contributed by atoms with van der Waals surface area (Å²) in [5.74, 6) is -0.0812. The van der Waals surface area contributed by atoms with E-state index in [-0.39, 0.29) is 31.0 Å². The summed E-state index contributed by atoms with van der Waals surface area (Å²) in [4.78, 5) is 28.8. The molecule has 0 saturated carbocycles. The van der Waals surface area contributed by atoms with Crippen molar-refractivity contribution >= 4 is 17.7 Å². The molecule has 0 bridgehead atoms. The second kappa shape index (κ2) is 8.11. The molecule has 2 N–H and O–H groups in total. The predicted molar refractivity (Wildman–Crippen MR) is 74.7 cm³/mol. The van der Waals surface area contributed by atoms with Gasteiger partial charge in [0, 0.05) is 12.2 Å². The van der Waals surface area contributed by atoms with Crippen LogP contribution < -0.4 is 10.9 Å². The lowest BCUT2D eigenvalue weighted by atomic mass is 10.3. The molecule has 0 atom stereocenters. The fourth-order valence-electron chi connectivity index (χ4n) is 1.45. The molecule has 1 amide bonds. The Morgan fingerprint density at radius 1 is 1.35 bits per heavy atom. The maximum Gasteiger partial charge on any atom is 0.319 e. The lowest BCUT2D eigenvalue weighted by Crippen LogP contribution is -2.45. The van der Waals surface area contributed by atoms with Gasteiger partial charge in [-0.25, -0.2) is 4.98 Å². The standard InChI is InChI=1S/C13H20N4O3/c1-10(2)17(9-13(19)20-3)8-12(18)16-15-11-6-4-5-7-14-11/h4-7,10H,8-9H2,1-3H3,(H,14,15)(H,16,18). The molecule has 0 aromatic carbocycles. The first-order valence-electron chi connectivity index (χ1n) is 6.29. The van der Waals surface area contributed by atoms with Gasteiger partial charge >= 0.3 is 5.97 Å². The second-order valence-corrected chi connectivity index (χ2v) is 4.46. The molecule has 0 radical (unpaired) electrons. The van der Waals surface area contributed by atoms with Crippen LogP contribution in [0.3, 0.4) is 0 Å². The van der Waals surface area contributed by atoms with Crippen LogP contribution in [0.4, 0.5) is 5.82 Å². The Hall–Kier alpha value is -2.15. The molecule has 1 aromatic heterocycles. The zero-order chi connectivity index (χ0) is 15.0. The topological polar surface area (TPSA) is 83.6 Å². The van der Waals surface area contributed by atoms with Crippen molar-refractivity contribution in [2.45, 2.75) is 19.9 Å². The smallest absolute Gasteiger partial charge is 0.319 e. The van der Waals surface area contributed by atoms with Crippen LogP contribution in [-0.4, -0.2) is 48.0 Å². The summed E-state index contributed by atoms with van der Waals surface area (Å²) in [5.41, 5.74) is 5.23. The number of amides is 1. The SMILES string of the molecule is COC(=O)CN(CC(=O)NNc1ccccn1)C(C)C. The van der Waals surface area contributed by atoms with Crippen molar-refractivity contribution in [3.05, 3.63) is 24.4 Å². The van der Waals surface area contributed by atoms with Gasteiger partial charge in [0.1, 0.15) is 5.82 Å². The average molecular weight is 280 g/mol. The molecule has 7 heteroatoms. The third kappa shape index (κ3) is 5.66. The van der Waals surface area contributed by atoms with Crippen molar-refractivity contribution in [1.82, 2.24) is 15.3 Å². The van der Waals surface area contributed by atoms with Crippen LogP contribution in [0.25, 0.3) is 0 Å². The van der Waals surface area contributed by atoms with E-state index in [9.17, 15) is 9.59 Å². The molecule has 0 fully saturated rings. The normalized spacial score (nSPS) is 10.4.